The fraction of sp³-hybridized carbons (Fsp3) is 0.107. The molecule has 40 heavy (non-hydrogen) atoms. The number of alkyl halides is 3. The Morgan fingerprint density at radius 3 is 2.35 bits per heavy atom. The van der Waals surface area contributed by atoms with Crippen LogP contribution in [0.4, 0.5) is 13.2 Å². The number of benzene rings is 3. The minimum absolute atomic E-state index is 0.0262. The van der Waals surface area contributed by atoms with Gasteiger partial charge in [-0.15, -0.1) is 5.26 Å². The smallest absolute Gasteiger partial charge is 0.416 e. The molecule has 1 unspecified atom stereocenters. The van der Waals surface area contributed by atoms with E-state index in [1.807, 2.05) is 0 Å². The lowest BCUT2D eigenvalue weighted by Gasteiger charge is -2.16. The number of nitrogens with zero attached hydrogens (tertiary/aromatic N) is 2. The van der Waals surface area contributed by atoms with E-state index in [1.165, 1.54) is 60.9 Å². The van der Waals surface area contributed by atoms with Crippen LogP contribution in [-0.2, 0) is 22.1 Å². The maximum absolute atomic E-state index is 13.2. The summed E-state index contributed by atoms with van der Waals surface area (Å²) in [4.78, 5) is 41.6. The van der Waals surface area contributed by atoms with Crippen molar-refractivity contribution in [3.05, 3.63) is 95.2 Å². The van der Waals surface area contributed by atoms with E-state index >= 15 is 0 Å². The summed E-state index contributed by atoms with van der Waals surface area (Å²) in [6.45, 7) is 0. The van der Waals surface area contributed by atoms with Crippen LogP contribution in [0.5, 0.6) is 5.75 Å². The number of esters is 1. The first-order valence-corrected chi connectivity index (χ1v) is 11.5. The van der Waals surface area contributed by atoms with E-state index in [0.717, 1.165) is 18.2 Å². The van der Waals surface area contributed by atoms with Crippen LogP contribution in [-0.4, -0.2) is 39.1 Å². The number of fused-ring (bicyclic) bond motifs is 1. The van der Waals surface area contributed by atoms with Gasteiger partial charge in [0.05, 0.1) is 16.6 Å². The molecule has 12 heteroatoms. The lowest BCUT2D eigenvalue weighted by Crippen LogP contribution is -2.43. The number of carbonyl (C=O) groups is 3. The number of carbonyl (C=O) groups excluding carboxylic acids is 2. The molecule has 4 rings (SSSR count). The molecule has 1 atom stereocenters. The van der Waals surface area contributed by atoms with Gasteiger partial charge in [0, 0.05) is 11.8 Å². The molecule has 0 aliphatic heterocycles. The second-order valence-electron chi connectivity index (χ2n) is 8.58. The van der Waals surface area contributed by atoms with E-state index < -0.39 is 35.6 Å². The van der Waals surface area contributed by atoms with Crippen molar-refractivity contribution in [2.75, 3.05) is 0 Å². The van der Waals surface area contributed by atoms with Crippen LogP contribution in [0.15, 0.2) is 72.8 Å². The maximum Gasteiger partial charge on any atom is 0.416 e. The number of aromatic hydroxyl groups is 1. The summed E-state index contributed by atoms with van der Waals surface area (Å²) in [7, 11) is 0. The van der Waals surface area contributed by atoms with Crippen LogP contribution in [0.1, 0.15) is 32.0 Å². The van der Waals surface area contributed by atoms with Crippen molar-refractivity contribution in [2.45, 2.75) is 18.6 Å². The quantitative estimate of drug-likeness (QED) is 0.222. The van der Waals surface area contributed by atoms with Crippen LogP contribution in [0.3, 0.4) is 0 Å². The van der Waals surface area contributed by atoms with Gasteiger partial charge in [0.2, 0.25) is 0 Å². The van der Waals surface area contributed by atoms with Gasteiger partial charge in [0.15, 0.2) is 0 Å². The largest absolute Gasteiger partial charge is 0.508 e. The zero-order valence-corrected chi connectivity index (χ0v) is 20.3. The molecule has 0 saturated heterocycles. The predicted octanol–water partition coefficient (Wildman–Crippen LogP) is 4.69. The number of nitriles is 1. The molecule has 0 saturated carbocycles. The Balaban J connectivity index is 1.69. The molecule has 0 fully saturated rings. The number of aromatic nitrogens is 1. The van der Waals surface area contributed by atoms with Crippen LogP contribution < -0.4 is 5.32 Å². The fourth-order valence-corrected chi connectivity index (χ4v) is 3.98. The molecule has 0 spiro atoms. The number of amides is 1. The summed E-state index contributed by atoms with van der Waals surface area (Å²) in [6, 6.07) is 14.0. The molecule has 3 aromatic carbocycles. The van der Waals surface area contributed by atoms with E-state index in [0.29, 0.717) is 11.1 Å². The molecule has 3 N–H and O–H groups in total. The van der Waals surface area contributed by atoms with Gasteiger partial charge in [-0.1, -0.05) is 30.3 Å². The number of ether oxygens (including phenoxy) is 1. The molecule has 0 bridgehead atoms. The number of nitrogens with one attached hydrogen (secondary N) is 1. The highest BCUT2D eigenvalue weighted by molar-refractivity contribution is 6.07. The van der Waals surface area contributed by atoms with Gasteiger partial charge < -0.3 is 20.3 Å². The third kappa shape index (κ3) is 6.16. The number of hydrogen-bond acceptors (Lipinski definition) is 7. The Kier molecular flexibility index (Phi) is 7.67. The van der Waals surface area contributed by atoms with Crippen LogP contribution in [0.25, 0.3) is 22.0 Å². The zero-order valence-electron chi connectivity index (χ0n) is 20.3. The molecule has 9 nitrogen and oxygen atoms in total. The number of aromatic carboxylic acids is 1. The van der Waals surface area contributed by atoms with Crippen molar-refractivity contribution in [1.29, 1.82) is 5.26 Å². The van der Waals surface area contributed by atoms with E-state index in [9.17, 15) is 37.8 Å². The third-order valence-corrected chi connectivity index (χ3v) is 5.91. The second kappa shape index (κ2) is 11.1. The summed E-state index contributed by atoms with van der Waals surface area (Å²) in [5.41, 5.74) is -0.508. The van der Waals surface area contributed by atoms with Crippen molar-refractivity contribution in [1.82, 2.24) is 10.3 Å². The van der Waals surface area contributed by atoms with Crippen molar-refractivity contribution in [2.24, 2.45) is 0 Å². The van der Waals surface area contributed by atoms with E-state index in [2.05, 4.69) is 15.0 Å². The Labute approximate surface area is 224 Å². The van der Waals surface area contributed by atoms with Gasteiger partial charge in [-0.3, -0.25) is 4.79 Å². The Morgan fingerprint density at radius 2 is 1.70 bits per heavy atom. The minimum Gasteiger partial charge on any atom is -0.508 e. The highest BCUT2D eigenvalue weighted by Crippen LogP contribution is 2.33. The summed E-state index contributed by atoms with van der Waals surface area (Å²) in [5.74, 6) is -3.46. The number of phenols is 1. The molecule has 0 aliphatic carbocycles. The highest BCUT2D eigenvalue weighted by atomic mass is 19.4. The van der Waals surface area contributed by atoms with Gasteiger partial charge in [-0.25, -0.2) is 14.6 Å². The Morgan fingerprint density at radius 1 is 1.00 bits per heavy atom. The third-order valence-electron chi connectivity index (χ3n) is 5.91. The molecule has 1 aromatic heterocycles. The number of hydrogen-bond donors (Lipinski definition) is 3. The lowest BCUT2D eigenvalue weighted by atomic mass is 9.98. The van der Waals surface area contributed by atoms with Gasteiger partial charge in [0.1, 0.15) is 17.5 Å². The van der Waals surface area contributed by atoms with Crippen LogP contribution in [0, 0.1) is 11.5 Å². The van der Waals surface area contributed by atoms with Gasteiger partial charge in [-0.2, -0.15) is 13.2 Å². The molecule has 202 valence electrons. The van der Waals surface area contributed by atoms with Crippen molar-refractivity contribution in [3.63, 3.8) is 0 Å². The first-order chi connectivity index (χ1) is 19.0. The topological polar surface area (TPSA) is 150 Å². The average molecular weight is 549 g/mol. The van der Waals surface area contributed by atoms with Crippen molar-refractivity contribution < 1.29 is 42.5 Å². The van der Waals surface area contributed by atoms with Crippen molar-refractivity contribution in [3.8, 4) is 23.1 Å². The SMILES string of the molecule is N#COC(=O)C(Cc1ccc(O)cc1)NC(=O)c1cc(C(=O)O)c2cc(-c3cccc(C(F)(F)F)c3)ccc2n1. The Hall–Kier alpha value is -5.44. The summed E-state index contributed by atoms with van der Waals surface area (Å²) >= 11 is 0. The number of carboxylic acid groups (broad SMARTS) is 1. The van der Waals surface area contributed by atoms with Gasteiger partial charge in [0.25, 0.3) is 12.2 Å². The number of rotatable bonds is 7. The fourth-order valence-electron chi connectivity index (χ4n) is 3.98. The number of pyridine rings is 1. The van der Waals surface area contributed by atoms with Gasteiger partial charge in [-0.05, 0) is 59.2 Å². The summed E-state index contributed by atoms with van der Waals surface area (Å²) in [6.07, 6.45) is -3.45. The summed E-state index contributed by atoms with van der Waals surface area (Å²) < 4.78 is 43.9. The lowest BCUT2D eigenvalue weighted by molar-refractivity contribution is -0.139. The zero-order chi connectivity index (χ0) is 29.0. The molecule has 1 amide bonds. The normalized spacial score (nSPS) is 11.8. The van der Waals surface area contributed by atoms with Gasteiger partial charge >= 0.3 is 18.1 Å². The van der Waals surface area contributed by atoms with Crippen LogP contribution in [0.2, 0.25) is 0 Å². The number of halogens is 3. The number of carboxylic acids is 1. The molecule has 1 heterocycles. The average Bonchev–Trinajstić information content (AvgIpc) is 2.92. The van der Waals surface area contributed by atoms with E-state index in [1.54, 1.807) is 0 Å². The molecule has 0 radical (unpaired) electrons. The Bertz CT molecular complexity index is 1660. The first kappa shape index (κ1) is 27.6. The highest BCUT2D eigenvalue weighted by Gasteiger charge is 2.30. The standard InChI is InChI=1S/C28H18F3N3O6/c29-28(30,31)18-3-1-2-16(11-18)17-6-9-22-20(12-17)21(26(37)38)13-23(33-22)25(36)34-24(27(39)40-14-32)10-15-4-7-19(35)8-5-15/h1-9,11-13,24,35H,10H2,(H,34,36)(H,37,38). The molecule has 4 aromatic rings. The maximum atomic E-state index is 13.2. The monoisotopic (exact) mass is 549 g/mol. The second-order valence-corrected chi connectivity index (χ2v) is 8.58. The number of phenolic OH excluding ortho intramolecular Hbond substituents is 1. The summed E-state index contributed by atoms with van der Waals surface area (Å²) in [5, 5.41) is 30.5. The molecule has 0 aliphatic rings. The van der Waals surface area contributed by atoms with Crippen molar-refractivity contribution >= 4 is 28.7 Å². The minimum atomic E-state index is -4.57. The van der Waals surface area contributed by atoms with Crippen LogP contribution >= 0.6 is 0 Å². The molecular formula is C28H18F3N3O6. The molecular weight excluding hydrogens is 531 g/mol. The van der Waals surface area contributed by atoms with E-state index in [-0.39, 0.29) is 39.9 Å². The predicted molar refractivity (Wildman–Crippen MR) is 134 cm³/mol. The van der Waals surface area contributed by atoms with E-state index in [4.69, 9.17) is 5.26 Å². The first-order valence-electron chi connectivity index (χ1n) is 11.5.